The maximum Gasteiger partial charge on any atom is 0.225 e. The molecule has 0 unspecified atom stereocenters. The first-order valence-electron chi connectivity index (χ1n) is 3.27. The number of oxazole rings is 1. The summed E-state index contributed by atoms with van der Waals surface area (Å²) in [5.41, 5.74) is 0.949. The van der Waals surface area contributed by atoms with Crippen LogP contribution in [-0.4, -0.2) is 9.97 Å². The first kappa shape index (κ1) is 6.09. The van der Waals surface area contributed by atoms with Gasteiger partial charge in [0.1, 0.15) is 6.26 Å². The van der Waals surface area contributed by atoms with E-state index in [4.69, 9.17) is 4.42 Å². The van der Waals surface area contributed by atoms with Crippen molar-refractivity contribution in [1.82, 2.24) is 9.97 Å². The van der Waals surface area contributed by atoms with Gasteiger partial charge in [-0.3, -0.25) is 4.98 Å². The van der Waals surface area contributed by atoms with Gasteiger partial charge in [-0.05, 0) is 12.1 Å². The van der Waals surface area contributed by atoms with E-state index in [1.54, 1.807) is 24.9 Å². The molecule has 0 spiro atoms. The predicted molar refractivity (Wildman–Crippen MR) is 39.7 cm³/mol. The summed E-state index contributed by atoms with van der Waals surface area (Å²) in [6, 6.07) is 3.71. The molecule has 54 valence electrons. The maximum absolute atomic E-state index is 5.08. The van der Waals surface area contributed by atoms with Crippen LogP contribution in [0.25, 0.3) is 11.5 Å². The SMILES string of the molecule is c1cc(-c2ncco2)ccn1. The molecule has 0 aromatic carbocycles. The van der Waals surface area contributed by atoms with Gasteiger partial charge in [-0.1, -0.05) is 0 Å². The fourth-order valence-corrected chi connectivity index (χ4v) is 0.861. The molecule has 0 saturated carbocycles. The van der Waals surface area contributed by atoms with E-state index in [-0.39, 0.29) is 0 Å². The van der Waals surface area contributed by atoms with Crippen LogP contribution in [0, 0.1) is 0 Å². The first-order valence-corrected chi connectivity index (χ1v) is 3.27. The minimum Gasteiger partial charge on any atom is -0.445 e. The van der Waals surface area contributed by atoms with E-state index in [9.17, 15) is 0 Å². The van der Waals surface area contributed by atoms with Crippen LogP contribution in [0.4, 0.5) is 0 Å². The average molecular weight is 146 g/mol. The van der Waals surface area contributed by atoms with Crippen molar-refractivity contribution >= 4 is 0 Å². The monoisotopic (exact) mass is 146 g/mol. The summed E-state index contributed by atoms with van der Waals surface area (Å²) >= 11 is 0. The van der Waals surface area contributed by atoms with Crippen molar-refractivity contribution in [3.63, 3.8) is 0 Å². The lowest BCUT2D eigenvalue weighted by atomic mass is 10.3. The minimum atomic E-state index is 0.632. The molecule has 0 N–H and O–H groups in total. The summed E-state index contributed by atoms with van der Waals surface area (Å²) in [5, 5.41) is 0. The summed E-state index contributed by atoms with van der Waals surface area (Å²) in [6.45, 7) is 0. The molecule has 0 aliphatic heterocycles. The Bertz CT molecular complexity index is 315. The molecule has 0 radical (unpaired) electrons. The van der Waals surface area contributed by atoms with Gasteiger partial charge >= 0.3 is 0 Å². The van der Waals surface area contributed by atoms with Gasteiger partial charge in [-0.25, -0.2) is 4.98 Å². The molecule has 0 amide bonds. The van der Waals surface area contributed by atoms with E-state index in [1.165, 1.54) is 0 Å². The van der Waals surface area contributed by atoms with E-state index in [1.807, 2.05) is 12.1 Å². The quantitative estimate of drug-likeness (QED) is 0.615. The van der Waals surface area contributed by atoms with Crippen LogP contribution >= 0.6 is 0 Å². The molecule has 3 heteroatoms. The number of hydrogen-bond donors (Lipinski definition) is 0. The summed E-state index contributed by atoms with van der Waals surface area (Å²) in [5.74, 6) is 0.632. The highest BCUT2D eigenvalue weighted by molar-refractivity contribution is 5.50. The molecule has 0 aliphatic rings. The van der Waals surface area contributed by atoms with Crippen molar-refractivity contribution in [1.29, 1.82) is 0 Å². The molecule has 0 bridgehead atoms. The lowest BCUT2D eigenvalue weighted by molar-refractivity contribution is 0.574. The normalized spacial score (nSPS) is 9.82. The summed E-state index contributed by atoms with van der Waals surface area (Å²) in [6.07, 6.45) is 6.59. The van der Waals surface area contributed by atoms with Crippen molar-refractivity contribution in [2.24, 2.45) is 0 Å². The van der Waals surface area contributed by atoms with Crippen molar-refractivity contribution < 1.29 is 4.42 Å². The molecule has 0 atom stereocenters. The van der Waals surface area contributed by atoms with Gasteiger partial charge in [0.15, 0.2) is 0 Å². The van der Waals surface area contributed by atoms with Gasteiger partial charge < -0.3 is 4.42 Å². The molecule has 2 heterocycles. The van der Waals surface area contributed by atoms with E-state index >= 15 is 0 Å². The Kier molecular flexibility index (Phi) is 1.41. The zero-order chi connectivity index (χ0) is 7.52. The van der Waals surface area contributed by atoms with Crippen LogP contribution in [-0.2, 0) is 0 Å². The maximum atomic E-state index is 5.08. The van der Waals surface area contributed by atoms with Gasteiger partial charge in [0.2, 0.25) is 5.89 Å². The third kappa shape index (κ3) is 1.12. The highest BCUT2D eigenvalue weighted by Crippen LogP contribution is 2.14. The lowest BCUT2D eigenvalue weighted by Gasteiger charge is -1.90. The molecule has 2 aromatic heterocycles. The Morgan fingerprint density at radius 2 is 1.91 bits per heavy atom. The lowest BCUT2D eigenvalue weighted by Crippen LogP contribution is -1.75. The van der Waals surface area contributed by atoms with Crippen LogP contribution in [0.2, 0.25) is 0 Å². The highest BCUT2D eigenvalue weighted by atomic mass is 16.3. The van der Waals surface area contributed by atoms with Crippen LogP contribution in [0.15, 0.2) is 41.4 Å². The number of hydrogen-bond acceptors (Lipinski definition) is 3. The van der Waals surface area contributed by atoms with Crippen LogP contribution in [0.5, 0.6) is 0 Å². The molecule has 11 heavy (non-hydrogen) atoms. The Labute approximate surface area is 63.7 Å². The average Bonchev–Trinajstić information content (AvgIpc) is 2.58. The topological polar surface area (TPSA) is 38.9 Å². The minimum absolute atomic E-state index is 0.632. The van der Waals surface area contributed by atoms with E-state index in [0.29, 0.717) is 5.89 Å². The fraction of sp³-hybridized carbons (Fsp3) is 0. The van der Waals surface area contributed by atoms with Crippen LogP contribution < -0.4 is 0 Å². The summed E-state index contributed by atoms with van der Waals surface area (Å²) in [7, 11) is 0. The zero-order valence-electron chi connectivity index (χ0n) is 5.77. The second-order valence-electron chi connectivity index (χ2n) is 2.07. The van der Waals surface area contributed by atoms with Crippen molar-refractivity contribution in [3.8, 4) is 11.5 Å². The van der Waals surface area contributed by atoms with Crippen LogP contribution in [0.3, 0.4) is 0 Å². The van der Waals surface area contributed by atoms with Crippen molar-refractivity contribution in [2.45, 2.75) is 0 Å². The zero-order valence-corrected chi connectivity index (χ0v) is 5.77. The molecule has 3 nitrogen and oxygen atoms in total. The molecular weight excluding hydrogens is 140 g/mol. The molecule has 0 fully saturated rings. The van der Waals surface area contributed by atoms with E-state index < -0.39 is 0 Å². The smallest absolute Gasteiger partial charge is 0.225 e. The second kappa shape index (κ2) is 2.54. The van der Waals surface area contributed by atoms with Gasteiger partial charge in [0.05, 0.1) is 6.20 Å². The van der Waals surface area contributed by atoms with Crippen molar-refractivity contribution in [3.05, 3.63) is 37.0 Å². The number of nitrogens with zero attached hydrogens (tertiary/aromatic N) is 2. The van der Waals surface area contributed by atoms with E-state index in [0.717, 1.165) is 5.56 Å². The van der Waals surface area contributed by atoms with Crippen molar-refractivity contribution in [2.75, 3.05) is 0 Å². The van der Waals surface area contributed by atoms with Gasteiger partial charge in [-0.15, -0.1) is 0 Å². The Hall–Kier alpha value is -1.64. The molecule has 0 saturated heterocycles. The number of rotatable bonds is 1. The Morgan fingerprint density at radius 1 is 1.09 bits per heavy atom. The molecule has 2 rings (SSSR count). The van der Waals surface area contributed by atoms with Gasteiger partial charge in [-0.2, -0.15) is 0 Å². The largest absolute Gasteiger partial charge is 0.445 e. The van der Waals surface area contributed by atoms with Crippen LogP contribution in [0.1, 0.15) is 0 Å². The third-order valence-corrected chi connectivity index (χ3v) is 1.36. The second-order valence-corrected chi connectivity index (χ2v) is 2.07. The molecule has 0 aliphatic carbocycles. The number of pyridine rings is 1. The molecular formula is C8H6N2O. The third-order valence-electron chi connectivity index (χ3n) is 1.36. The fourth-order valence-electron chi connectivity index (χ4n) is 0.861. The first-order chi connectivity index (χ1) is 5.47. The Morgan fingerprint density at radius 3 is 2.55 bits per heavy atom. The molecule has 2 aromatic rings. The summed E-state index contributed by atoms with van der Waals surface area (Å²) < 4.78 is 5.08. The van der Waals surface area contributed by atoms with E-state index in [2.05, 4.69) is 9.97 Å². The summed E-state index contributed by atoms with van der Waals surface area (Å²) in [4.78, 5) is 7.88. The predicted octanol–water partition coefficient (Wildman–Crippen LogP) is 1.74. The standard InChI is InChI=1S/C8H6N2O/c1-3-9-4-2-7(1)8-10-5-6-11-8/h1-6H. The van der Waals surface area contributed by atoms with Gasteiger partial charge in [0, 0.05) is 18.0 Å². The highest BCUT2D eigenvalue weighted by Gasteiger charge is 1.98. The van der Waals surface area contributed by atoms with Gasteiger partial charge in [0.25, 0.3) is 0 Å². The number of aromatic nitrogens is 2. The Balaban J connectivity index is 2.46.